The van der Waals surface area contributed by atoms with Crippen LogP contribution >= 0.6 is 0 Å². The van der Waals surface area contributed by atoms with Crippen LogP contribution in [-0.2, 0) is 9.59 Å². The zero-order chi connectivity index (χ0) is 19.6. The average molecular weight is 375 g/mol. The molecule has 4 rings (SSSR count). The van der Waals surface area contributed by atoms with Gasteiger partial charge in [0.05, 0.1) is 0 Å². The summed E-state index contributed by atoms with van der Waals surface area (Å²) in [5.41, 5.74) is -0.481. The Kier molecular flexibility index (Phi) is 3.94. The van der Waals surface area contributed by atoms with Gasteiger partial charge in [-0.15, -0.1) is 0 Å². The third-order valence-electron chi connectivity index (χ3n) is 8.17. The summed E-state index contributed by atoms with van der Waals surface area (Å²) in [5.74, 6) is -0.145. The van der Waals surface area contributed by atoms with Crippen LogP contribution < -0.4 is 0 Å². The monoisotopic (exact) mass is 375 g/mol. The van der Waals surface area contributed by atoms with Crippen LogP contribution in [0.1, 0.15) is 52.4 Å². The molecule has 6 atom stereocenters. The Labute approximate surface area is 157 Å². The fraction of sp³-hybridized carbons (Fsp3) is 0.737. The topological polar surface area (TPSA) is 132 Å². The van der Waals surface area contributed by atoms with E-state index >= 15 is 0 Å². The number of Topliss-reactive ketones (excluding diaryl/α,β-unsaturated/α-hetero) is 2. The maximum atomic E-state index is 12.7. The summed E-state index contributed by atoms with van der Waals surface area (Å²) in [4.78, 5) is 25.2. The van der Waals surface area contributed by atoms with Gasteiger partial charge in [0, 0.05) is 24.2 Å². The summed E-state index contributed by atoms with van der Waals surface area (Å²) in [6.07, 6.45) is 3.84. The number of oxime groups is 3. The SMILES string of the molecule is C[C@]12C/C(=N/O)C(=O)/C(=N\O)C1CC[C@@H]1[C@@H]2CC[C@]2(C)C(=O)/C(=N/O)C[C@@H]12. The largest absolute Gasteiger partial charge is 0.411 e. The molecule has 0 aromatic heterocycles. The highest BCUT2D eigenvalue weighted by molar-refractivity contribution is 6.67. The van der Waals surface area contributed by atoms with Crippen molar-refractivity contribution >= 4 is 28.7 Å². The summed E-state index contributed by atoms with van der Waals surface area (Å²) >= 11 is 0. The maximum Gasteiger partial charge on any atom is 0.228 e. The fourth-order valence-corrected chi connectivity index (χ4v) is 6.80. The molecule has 4 aliphatic rings. The first-order valence-corrected chi connectivity index (χ1v) is 9.55. The molecule has 1 unspecified atom stereocenters. The standard InChI is InChI=1S/C19H25N3O5/c1-18-6-5-10-9(12(18)7-13(20-25)17(18)24)3-4-11-15(22-27)16(23)14(21-26)8-19(10,11)2/h9-12,25-27H,3-8H2,1-2H3/b20-13+,21-14-,22-15-/t9-,10+,11?,12+,18+,19-/m1/s1. The quantitative estimate of drug-likeness (QED) is 0.442. The number of carbonyl (C=O) groups excluding carboxylic acids is 2. The normalized spacial score (nSPS) is 48.6. The van der Waals surface area contributed by atoms with Gasteiger partial charge in [0.1, 0.15) is 17.1 Å². The zero-order valence-electron chi connectivity index (χ0n) is 15.6. The van der Waals surface area contributed by atoms with Crippen molar-refractivity contribution in [3.05, 3.63) is 0 Å². The minimum absolute atomic E-state index is 0.0376. The van der Waals surface area contributed by atoms with Crippen molar-refractivity contribution in [2.75, 3.05) is 0 Å². The van der Waals surface area contributed by atoms with Gasteiger partial charge in [0.25, 0.3) is 0 Å². The van der Waals surface area contributed by atoms with E-state index in [9.17, 15) is 25.2 Å². The summed E-state index contributed by atoms with van der Waals surface area (Å²) in [6, 6.07) is 0. The molecule has 0 spiro atoms. The smallest absolute Gasteiger partial charge is 0.228 e. The van der Waals surface area contributed by atoms with E-state index in [4.69, 9.17) is 0 Å². The molecule has 0 aromatic carbocycles. The summed E-state index contributed by atoms with van der Waals surface area (Å²) in [6.45, 7) is 4.06. The van der Waals surface area contributed by atoms with Gasteiger partial charge in [-0.25, -0.2) is 0 Å². The molecule has 4 saturated carbocycles. The van der Waals surface area contributed by atoms with E-state index in [0.717, 1.165) is 12.8 Å². The van der Waals surface area contributed by atoms with Crippen LogP contribution in [0.4, 0.5) is 0 Å². The number of nitrogens with zero attached hydrogens (tertiary/aromatic N) is 3. The molecule has 146 valence electrons. The number of hydrogen-bond acceptors (Lipinski definition) is 8. The number of ketones is 2. The predicted octanol–water partition coefficient (Wildman–Crippen LogP) is 2.49. The molecule has 27 heavy (non-hydrogen) atoms. The molecule has 4 fully saturated rings. The van der Waals surface area contributed by atoms with E-state index < -0.39 is 11.2 Å². The van der Waals surface area contributed by atoms with Gasteiger partial charge in [-0.2, -0.15) is 0 Å². The van der Waals surface area contributed by atoms with Gasteiger partial charge in [0.15, 0.2) is 5.78 Å². The van der Waals surface area contributed by atoms with Crippen LogP contribution in [0.5, 0.6) is 0 Å². The number of hydrogen-bond donors (Lipinski definition) is 3. The predicted molar refractivity (Wildman–Crippen MR) is 95.6 cm³/mol. The lowest BCUT2D eigenvalue weighted by Crippen LogP contribution is -2.58. The van der Waals surface area contributed by atoms with E-state index in [1.807, 2.05) is 6.92 Å². The number of carbonyl (C=O) groups is 2. The van der Waals surface area contributed by atoms with Crippen molar-refractivity contribution < 1.29 is 25.2 Å². The Morgan fingerprint density at radius 1 is 0.926 bits per heavy atom. The van der Waals surface area contributed by atoms with Gasteiger partial charge in [-0.3, -0.25) is 9.59 Å². The van der Waals surface area contributed by atoms with Gasteiger partial charge in [0.2, 0.25) is 5.78 Å². The summed E-state index contributed by atoms with van der Waals surface area (Å²) in [5, 5.41) is 37.7. The lowest BCUT2D eigenvalue weighted by Gasteiger charge is -2.58. The summed E-state index contributed by atoms with van der Waals surface area (Å²) in [7, 11) is 0. The molecule has 0 saturated heterocycles. The van der Waals surface area contributed by atoms with Gasteiger partial charge in [-0.1, -0.05) is 29.3 Å². The van der Waals surface area contributed by atoms with E-state index in [2.05, 4.69) is 22.4 Å². The molecular weight excluding hydrogens is 350 g/mol. The van der Waals surface area contributed by atoms with E-state index in [1.54, 1.807) is 0 Å². The molecule has 3 N–H and O–H groups in total. The Balaban J connectivity index is 1.74. The van der Waals surface area contributed by atoms with Gasteiger partial charge < -0.3 is 15.6 Å². The van der Waals surface area contributed by atoms with Crippen molar-refractivity contribution in [1.29, 1.82) is 0 Å². The Morgan fingerprint density at radius 2 is 1.63 bits per heavy atom. The first-order valence-electron chi connectivity index (χ1n) is 9.55. The van der Waals surface area contributed by atoms with Crippen LogP contribution in [0.25, 0.3) is 0 Å². The number of fused-ring (bicyclic) bond motifs is 5. The molecule has 0 radical (unpaired) electrons. The van der Waals surface area contributed by atoms with Crippen molar-refractivity contribution in [2.45, 2.75) is 52.4 Å². The fourth-order valence-electron chi connectivity index (χ4n) is 6.80. The highest BCUT2D eigenvalue weighted by Gasteiger charge is 2.63. The maximum absolute atomic E-state index is 12.7. The van der Waals surface area contributed by atoms with E-state index in [1.165, 1.54) is 0 Å². The van der Waals surface area contributed by atoms with Gasteiger partial charge in [-0.05, 0) is 48.9 Å². The zero-order valence-corrected chi connectivity index (χ0v) is 15.6. The van der Waals surface area contributed by atoms with Crippen LogP contribution in [0, 0.1) is 34.5 Å². The minimum Gasteiger partial charge on any atom is -0.411 e. The number of rotatable bonds is 0. The lowest BCUT2D eigenvalue weighted by atomic mass is 9.45. The Morgan fingerprint density at radius 3 is 2.26 bits per heavy atom. The molecule has 0 aliphatic heterocycles. The Hall–Kier alpha value is -2.25. The third kappa shape index (κ3) is 2.18. The molecule has 0 amide bonds. The van der Waals surface area contributed by atoms with Crippen molar-refractivity contribution in [3.8, 4) is 0 Å². The average Bonchev–Trinajstić information content (AvgIpc) is 2.92. The van der Waals surface area contributed by atoms with Crippen molar-refractivity contribution in [2.24, 2.45) is 50.0 Å². The van der Waals surface area contributed by atoms with E-state index in [-0.39, 0.29) is 52.0 Å². The minimum atomic E-state index is -0.502. The molecule has 4 aliphatic carbocycles. The lowest BCUT2D eigenvalue weighted by molar-refractivity contribution is -0.132. The van der Waals surface area contributed by atoms with Crippen molar-refractivity contribution in [1.82, 2.24) is 0 Å². The molecule has 8 heteroatoms. The molecule has 8 nitrogen and oxygen atoms in total. The van der Waals surface area contributed by atoms with Gasteiger partial charge >= 0.3 is 0 Å². The molecule has 0 bridgehead atoms. The first kappa shape index (κ1) is 18.1. The first-order chi connectivity index (χ1) is 12.8. The van der Waals surface area contributed by atoms with E-state index in [0.29, 0.717) is 25.7 Å². The second-order valence-electron chi connectivity index (χ2n) is 9.09. The molecule has 0 aromatic rings. The van der Waals surface area contributed by atoms with Crippen LogP contribution in [0.3, 0.4) is 0 Å². The van der Waals surface area contributed by atoms with Crippen LogP contribution in [0.15, 0.2) is 15.5 Å². The third-order valence-corrected chi connectivity index (χ3v) is 8.17. The second kappa shape index (κ2) is 5.87. The van der Waals surface area contributed by atoms with Crippen LogP contribution in [0.2, 0.25) is 0 Å². The Bertz CT molecular complexity index is 803. The van der Waals surface area contributed by atoms with Crippen molar-refractivity contribution in [3.63, 3.8) is 0 Å². The highest BCUT2D eigenvalue weighted by atomic mass is 16.4. The molecular formula is C19H25N3O5. The van der Waals surface area contributed by atoms with Crippen LogP contribution in [-0.4, -0.2) is 44.3 Å². The summed E-state index contributed by atoms with van der Waals surface area (Å²) < 4.78 is 0. The second-order valence-corrected chi connectivity index (χ2v) is 9.09. The molecule has 0 heterocycles. The highest BCUT2D eigenvalue weighted by Crippen LogP contribution is 2.64.